The molecule has 19 heavy (non-hydrogen) atoms. The number of carbonyl (C=O) groups excluding carboxylic acids is 1. The van der Waals surface area contributed by atoms with E-state index in [9.17, 15) is 9.59 Å². The molecule has 1 saturated heterocycles. The Hall–Kier alpha value is -2.04. The number of urea groups is 1. The molecule has 0 unspecified atom stereocenters. The zero-order valence-corrected chi connectivity index (χ0v) is 10.8. The minimum absolute atomic E-state index is 0.0214. The molecule has 2 amide bonds. The molecule has 0 bridgehead atoms. The molecule has 5 nitrogen and oxygen atoms in total. The number of carboxylic acid groups (broad SMARTS) is 1. The van der Waals surface area contributed by atoms with Gasteiger partial charge in [-0.2, -0.15) is 0 Å². The van der Waals surface area contributed by atoms with Gasteiger partial charge in [-0.3, -0.25) is 0 Å². The van der Waals surface area contributed by atoms with E-state index >= 15 is 0 Å². The summed E-state index contributed by atoms with van der Waals surface area (Å²) in [6, 6.07) is 6.78. The average molecular weight is 262 g/mol. The van der Waals surface area contributed by atoms with Gasteiger partial charge in [0.05, 0.1) is 5.56 Å². The van der Waals surface area contributed by atoms with Crippen LogP contribution in [0.1, 0.15) is 28.8 Å². The Kier molecular flexibility index (Phi) is 4.39. The first-order valence-electron chi connectivity index (χ1n) is 6.52. The van der Waals surface area contributed by atoms with E-state index in [4.69, 9.17) is 5.11 Å². The molecule has 1 aromatic rings. The van der Waals surface area contributed by atoms with Gasteiger partial charge in [0.25, 0.3) is 0 Å². The Bertz CT molecular complexity index is 468. The van der Waals surface area contributed by atoms with Crippen LogP contribution < -0.4 is 5.32 Å². The van der Waals surface area contributed by atoms with E-state index < -0.39 is 5.97 Å². The highest BCUT2D eigenvalue weighted by molar-refractivity contribution is 5.87. The molecular formula is C14H18N2O3. The van der Waals surface area contributed by atoms with Gasteiger partial charge >= 0.3 is 12.0 Å². The monoisotopic (exact) mass is 262 g/mol. The second-order valence-electron chi connectivity index (χ2n) is 4.68. The zero-order chi connectivity index (χ0) is 13.7. The summed E-state index contributed by atoms with van der Waals surface area (Å²) in [7, 11) is 0. The molecule has 0 saturated carbocycles. The van der Waals surface area contributed by atoms with Gasteiger partial charge in [-0.15, -0.1) is 0 Å². The fourth-order valence-corrected chi connectivity index (χ4v) is 2.21. The lowest BCUT2D eigenvalue weighted by Crippen LogP contribution is -2.38. The third-order valence-corrected chi connectivity index (χ3v) is 3.26. The molecule has 0 spiro atoms. The SMILES string of the molecule is O=C(O)c1cccc(CCNC(=O)N2CCCC2)c1. The van der Waals surface area contributed by atoms with Crippen LogP contribution in [-0.2, 0) is 6.42 Å². The molecule has 1 heterocycles. The first-order valence-corrected chi connectivity index (χ1v) is 6.52. The molecule has 1 aliphatic heterocycles. The molecular weight excluding hydrogens is 244 g/mol. The number of likely N-dealkylation sites (tertiary alicyclic amines) is 1. The van der Waals surface area contributed by atoms with Crippen LogP contribution in [0.25, 0.3) is 0 Å². The lowest BCUT2D eigenvalue weighted by Gasteiger charge is -2.16. The number of amides is 2. The molecule has 2 rings (SSSR count). The van der Waals surface area contributed by atoms with Crippen molar-refractivity contribution in [2.45, 2.75) is 19.3 Å². The molecule has 5 heteroatoms. The molecule has 0 radical (unpaired) electrons. The molecule has 1 aromatic carbocycles. The Morgan fingerprint density at radius 3 is 2.68 bits per heavy atom. The van der Waals surface area contributed by atoms with Crippen molar-refractivity contribution in [3.63, 3.8) is 0 Å². The third kappa shape index (κ3) is 3.71. The number of hydrogen-bond acceptors (Lipinski definition) is 2. The highest BCUT2D eigenvalue weighted by Gasteiger charge is 2.16. The van der Waals surface area contributed by atoms with E-state index in [-0.39, 0.29) is 11.6 Å². The molecule has 0 aliphatic carbocycles. The summed E-state index contributed by atoms with van der Waals surface area (Å²) in [4.78, 5) is 24.4. The predicted molar refractivity (Wildman–Crippen MR) is 71.3 cm³/mol. The van der Waals surface area contributed by atoms with Crippen LogP contribution in [0.5, 0.6) is 0 Å². The number of hydrogen-bond donors (Lipinski definition) is 2. The van der Waals surface area contributed by atoms with Crippen LogP contribution in [0, 0.1) is 0 Å². The maximum absolute atomic E-state index is 11.7. The van der Waals surface area contributed by atoms with Crippen molar-refractivity contribution in [3.05, 3.63) is 35.4 Å². The number of benzene rings is 1. The maximum Gasteiger partial charge on any atom is 0.335 e. The van der Waals surface area contributed by atoms with Crippen LogP contribution >= 0.6 is 0 Å². The second kappa shape index (κ2) is 6.22. The van der Waals surface area contributed by atoms with Crippen molar-refractivity contribution in [2.75, 3.05) is 19.6 Å². The number of aromatic carboxylic acids is 1. The van der Waals surface area contributed by atoms with E-state index in [1.54, 1.807) is 18.2 Å². The summed E-state index contributed by atoms with van der Waals surface area (Å²) in [6.07, 6.45) is 2.79. The number of carbonyl (C=O) groups is 2. The fourth-order valence-electron chi connectivity index (χ4n) is 2.21. The number of rotatable bonds is 4. The smallest absolute Gasteiger partial charge is 0.335 e. The Morgan fingerprint density at radius 1 is 1.26 bits per heavy atom. The minimum atomic E-state index is -0.928. The quantitative estimate of drug-likeness (QED) is 0.868. The second-order valence-corrected chi connectivity index (χ2v) is 4.68. The van der Waals surface area contributed by atoms with Gasteiger partial charge in [-0.25, -0.2) is 9.59 Å². The topological polar surface area (TPSA) is 69.6 Å². The highest BCUT2D eigenvalue weighted by atomic mass is 16.4. The van der Waals surface area contributed by atoms with Crippen LogP contribution in [0.15, 0.2) is 24.3 Å². The van der Waals surface area contributed by atoms with Gasteiger partial charge in [0.1, 0.15) is 0 Å². The lowest BCUT2D eigenvalue weighted by molar-refractivity contribution is 0.0696. The Balaban J connectivity index is 1.80. The van der Waals surface area contributed by atoms with Crippen LogP contribution in [0.3, 0.4) is 0 Å². The molecule has 102 valence electrons. The molecule has 0 aromatic heterocycles. The van der Waals surface area contributed by atoms with Gasteiger partial charge in [0.15, 0.2) is 0 Å². The summed E-state index contributed by atoms with van der Waals surface area (Å²) in [6.45, 7) is 2.19. The van der Waals surface area contributed by atoms with Gasteiger partial charge in [0.2, 0.25) is 0 Å². The Morgan fingerprint density at radius 2 is 2.00 bits per heavy atom. The molecule has 1 aliphatic rings. The average Bonchev–Trinajstić information content (AvgIpc) is 2.93. The first kappa shape index (κ1) is 13.4. The minimum Gasteiger partial charge on any atom is -0.478 e. The van der Waals surface area contributed by atoms with Gasteiger partial charge in [-0.05, 0) is 37.0 Å². The van der Waals surface area contributed by atoms with Crippen LogP contribution in [0.4, 0.5) is 4.79 Å². The number of nitrogens with zero attached hydrogens (tertiary/aromatic N) is 1. The molecule has 2 N–H and O–H groups in total. The van der Waals surface area contributed by atoms with Crippen molar-refractivity contribution >= 4 is 12.0 Å². The van der Waals surface area contributed by atoms with Crippen molar-refractivity contribution in [1.82, 2.24) is 10.2 Å². The first-order chi connectivity index (χ1) is 9.16. The van der Waals surface area contributed by atoms with Crippen molar-refractivity contribution in [3.8, 4) is 0 Å². The normalized spacial score (nSPS) is 14.4. The number of carboxylic acids is 1. The van der Waals surface area contributed by atoms with E-state index in [0.717, 1.165) is 31.5 Å². The zero-order valence-electron chi connectivity index (χ0n) is 10.8. The summed E-state index contributed by atoms with van der Waals surface area (Å²) in [5, 5.41) is 11.8. The van der Waals surface area contributed by atoms with Crippen molar-refractivity contribution < 1.29 is 14.7 Å². The van der Waals surface area contributed by atoms with Crippen molar-refractivity contribution in [2.24, 2.45) is 0 Å². The summed E-state index contributed by atoms with van der Waals surface area (Å²) >= 11 is 0. The van der Waals surface area contributed by atoms with Gasteiger partial charge < -0.3 is 15.3 Å². The summed E-state index contributed by atoms with van der Waals surface area (Å²) < 4.78 is 0. The maximum atomic E-state index is 11.7. The predicted octanol–water partition coefficient (Wildman–Crippen LogP) is 1.73. The summed E-state index contributed by atoms with van der Waals surface area (Å²) in [5.41, 5.74) is 1.20. The van der Waals surface area contributed by atoms with Crippen LogP contribution in [-0.4, -0.2) is 41.6 Å². The van der Waals surface area contributed by atoms with E-state index in [1.165, 1.54) is 0 Å². The van der Waals surface area contributed by atoms with Crippen LogP contribution in [0.2, 0.25) is 0 Å². The van der Waals surface area contributed by atoms with Gasteiger partial charge in [0, 0.05) is 19.6 Å². The standard InChI is InChI=1S/C14H18N2O3/c17-13(18)12-5-3-4-11(10-12)6-7-15-14(19)16-8-1-2-9-16/h3-5,10H,1-2,6-9H2,(H,15,19)(H,17,18). The van der Waals surface area contributed by atoms with E-state index in [0.29, 0.717) is 13.0 Å². The highest BCUT2D eigenvalue weighted by Crippen LogP contribution is 2.08. The third-order valence-electron chi connectivity index (χ3n) is 3.26. The molecule has 1 fully saturated rings. The fraction of sp³-hybridized carbons (Fsp3) is 0.429. The molecule has 0 atom stereocenters. The number of nitrogens with one attached hydrogen (secondary N) is 1. The summed E-state index contributed by atoms with van der Waals surface area (Å²) in [5.74, 6) is -0.928. The van der Waals surface area contributed by atoms with E-state index in [2.05, 4.69) is 5.32 Å². The van der Waals surface area contributed by atoms with Crippen molar-refractivity contribution in [1.29, 1.82) is 0 Å². The van der Waals surface area contributed by atoms with E-state index in [1.807, 2.05) is 11.0 Å². The Labute approximate surface area is 112 Å². The largest absolute Gasteiger partial charge is 0.478 e. The lowest BCUT2D eigenvalue weighted by atomic mass is 10.1. The van der Waals surface area contributed by atoms with Gasteiger partial charge in [-0.1, -0.05) is 12.1 Å².